The van der Waals surface area contributed by atoms with Gasteiger partial charge in [0.05, 0.1) is 0 Å². The molecule has 0 radical (unpaired) electrons. The van der Waals surface area contributed by atoms with Gasteiger partial charge in [-0.2, -0.15) is 0 Å². The van der Waals surface area contributed by atoms with Crippen LogP contribution in [0.4, 0.5) is 0 Å². The number of hydrogen-bond donors (Lipinski definition) is 0. The van der Waals surface area contributed by atoms with Crippen LogP contribution < -0.4 is 0 Å². The van der Waals surface area contributed by atoms with Crippen molar-refractivity contribution >= 4 is 0 Å². The summed E-state index contributed by atoms with van der Waals surface area (Å²) in [7, 11) is 0. The number of hydrogen-bond acceptors (Lipinski definition) is 0. The van der Waals surface area contributed by atoms with Crippen molar-refractivity contribution in [3.05, 3.63) is 0 Å². The maximum Gasteiger partial charge on any atom is -0.0411 e. The molecule has 0 aromatic heterocycles. The summed E-state index contributed by atoms with van der Waals surface area (Å²) >= 11 is 0. The van der Waals surface area contributed by atoms with Crippen molar-refractivity contribution in [2.75, 3.05) is 0 Å². The van der Waals surface area contributed by atoms with Crippen molar-refractivity contribution in [1.82, 2.24) is 0 Å². The lowest BCUT2D eigenvalue weighted by Crippen LogP contribution is -2.17. The lowest BCUT2D eigenvalue weighted by Gasteiger charge is -2.31. The summed E-state index contributed by atoms with van der Waals surface area (Å²) in [5.74, 6) is 3.24. The maximum absolute atomic E-state index is 2.43. The van der Waals surface area contributed by atoms with Crippen molar-refractivity contribution in [3.8, 4) is 0 Å². The van der Waals surface area contributed by atoms with Crippen LogP contribution in [0.1, 0.15) is 71.1 Å². The molecule has 14 heavy (non-hydrogen) atoms. The van der Waals surface area contributed by atoms with Crippen LogP contribution >= 0.6 is 0 Å². The summed E-state index contributed by atoms with van der Waals surface area (Å²) in [5, 5.41) is 0. The molecular weight excluding hydrogens is 168 g/mol. The average molecular weight is 194 g/mol. The van der Waals surface area contributed by atoms with Gasteiger partial charge in [0.15, 0.2) is 0 Å². The van der Waals surface area contributed by atoms with E-state index in [2.05, 4.69) is 6.92 Å². The Balaban J connectivity index is 1.68. The lowest BCUT2D eigenvalue weighted by atomic mass is 9.75. The summed E-state index contributed by atoms with van der Waals surface area (Å²) in [6, 6.07) is 0. The van der Waals surface area contributed by atoms with Crippen molar-refractivity contribution in [3.63, 3.8) is 0 Å². The summed E-state index contributed by atoms with van der Waals surface area (Å²) < 4.78 is 0. The van der Waals surface area contributed by atoms with Crippen LogP contribution in [-0.4, -0.2) is 0 Å². The zero-order chi connectivity index (χ0) is 9.80. The summed E-state index contributed by atoms with van der Waals surface area (Å²) in [6.45, 7) is 2.43. The highest BCUT2D eigenvalue weighted by atomic mass is 14.3. The predicted molar refractivity (Wildman–Crippen MR) is 62.3 cm³/mol. The van der Waals surface area contributed by atoms with E-state index in [0.717, 1.165) is 17.8 Å². The van der Waals surface area contributed by atoms with Gasteiger partial charge in [0.25, 0.3) is 0 Å². The molecule has 0 aliphatic heterocycles. The monoisotopic (exact) mass is 194 g/mol. The average Bonchev–Trinajstić information content (AvgIpc) is 2.23. The van der Waals surface area contributed by atoms with Crippen LogP contribution in [0.3, 0.4) is 0 Å². The van der Waals surface area contributed by atoms with Crippen molar-refractivity contribution in [2.45, 2.75) is 71.1 Å². The minimum absolute atomic E-state index is 1.03. The van der Waals surface area contributed by atoms with Crippen molar-refractivity contribution in [1.29, 1.82) is 0 Å². The van der Waals surface area contributed by atoms with Gasteiger partial charge in [0.2, 0.25) is 0 Å². The van der Waals surface area contributed by atoms with Gasteiger partial charge in [-0.05, 0) is 24.2 Å². The Bertz CT molecular complexity index is 147. The van der Waals surface area contributed by atoms with Gasteiger partial charge in [-0.1, -0.05) is 64.7 Å². The zero-order valence-electron chi connectivity index (χ0n) is 9.80. The molecule has 0 atom stereocenters. The van der Waals surface area contributed by atoms with Crippen LogP contribution in [0.25, 0.3) is 0 Å². The molecule has 0 spiro atoms. The first-order valence-corrected chi connectivity index (χ1v) is 6.84. The van der Waals surface area contributed by atoms with Crippen LogP contribution in [0.15, 0.2) is 0 Å². The molecule has 0 heterocycles. The van der Waals surface area contributed by atoms with E-state index in [0.29, 0.717) is 0 Å². The number of rotatable bonds is 2. The van der Waals surface area contributed by atoms with Crippen LogP contribution in [-0.2, 0) is 0 Å². The molecule has 0 bridgehead atoms. The predicted octanol–water partition coefficient (Wildman–Crippen LogP) is 4.78. The smallest absolute Gasteiger partial charge is 0.0411 e. The largest absolute Gasteiger partial charge is 0.0625 e. The van der Waals surface area contributed by atoms with E-state index in [-0.39, 0.29) is 0 Å². The second kappa shape index (κ2) is 5.19. The molecule has 0 unspecified atom stereocenters. The Morgan fingerprint density at radius 1 is 0.714 bits per heavy atom. The quantitative estimate of drug-likeness (QED) is 0.593. The van der Waals surface area contributed by atoms with Gasteiger partial charge in [-0.25, -0.2) is 0 Å². The summed E-state index contributed by atoms with van der Waals surface area (Å²) in [6.07, 6.45) is 15.3. The Morgan fingerprint density at radius 2 is 1.29 bits per heavy atom. The molecule has 2 saturated carbocycles. The van der Waals surface area contributed by atoms with Gasteiger partial charge in [-0.3, -0.25) is 0 Å². The molecule has 0 amide bonds. The van der Waals surface area contributed by atoms with E-state index in [1.54, 1.807) is 19.3 Å². The first-order valence-electron chi connectivity index (χ1n) is 6.84. The van der Waals surface area contributed by atoms with Gasteiger partial charge in [0, 0.05) is 0 Å². The Hall–Kier alpha value is 0. The minimum atomic E-state index is 1.03. The molecule has 0 N–H and O–H groups in total. The molecule has 2 rings (SSSR count). The topological polar surface area (TPSA) is 0 Å². The third-order valence-corrected chi connectivity index (χ3v) is 4.53. The highest BCUT2D eigenvalue weighted by Crippen LogP contribution is 2.36. The Morgan fingerprint density at radius 3 is 1.93 bits per heavy atom. The fraction of sp³-hybridized carbons (Fsp3) is 1.00. The van der Waals surface area contributed by atoms with Crippen LogP contribution in [0.5, 0.6) is 0 Å². The van der Waals surface area contributed by atoms with Gasteiger partial charge in [0.1, 0.15) is 0 Å². The molecule has 2 aliphatic carbocycles. The van der Waals surface area contributed by atoms with Gasteiger partial charge >= 0.3 is 0 Å². The first-order chi connectivity index (χ1) is 6.84. The summed E-state index contributed by atoms with van der Waals surface area (Å²) in [4.78, 5) is 0. The van der Waals surface area contributed by atoms with Crippen molar-refractivity contribution in [2.24, 2.45) is 17.8 Å². The Kier molecular flexibility index (Phi) is 3.89. The lowest BCUT2D eigenvalue weighted by molar-refractivity contribution is 0.218. The Labute approximate surface area is 89.5 Å². The van der Waals surface area contributed by atoms with E-state index in [1.807, 2.05) is 0 Å². The van der Waals surface area contributed by atoms with Crippen LogP contribution in [0, 0.1) is 17.8 Å². The fourth-order valence-corrected chi connectivity index (χ4v) is 3.46. The second-order valence-corrected chi connectivity index (χ2v) is 5.87. The second-order valence-electron chi connectivity index (χ2n) is 5.87. The van der Waals surface area contributed by atoms with E-state index < -0.39 is 0 Å². The third-order valence-electron chi connectivity index (χ3n) is 4.53. The molecular formula is C14H26. The SMILES string of the molecule is CC1CCC(CC2CCCCC2)CC1. The van der Waals surface area contributed by atoms with Gasteiger partial charge < -0.3 is 0 Å². The van der Waals surface area contributed by atoms with E-state index in [9.17, 15) is 0 Å². The van der Waals surface area contributed by atoms with E-state index >= 15 is 0 Å². The highest BCUT2D eigenvalue weighted by Gasteiger charge is 2.22. The van der Waals surface area contributed by atoms with Crippen molar-refractivity contribution < 1.29 is 0 Å². The molecule has 0 saturated heterocycles. The minimum Gasteiger partial charge on any atom is -0.0625 e. The highest BCUT2D eigenvalue weighted by molar-refractivity contribution is 4.75. The maximum atomic E-state index is 2.43. The molecule has 0 nitrogen and oxygen atoms in total. The molecule has 0 aromatic rings. The molecule has 2 aliphatic rings. The standard InChI is InChI=1S/C14H26/c1-12-7-9-14(10-8-12)11-13-5-3-2-4-6-13/h12-14H,2-11H2,1H3. The molecule has 0 heteroatoms. The molecule has 0 aromatic carbocycles. The van der Waals surface area contributed by atoms with E-state index in [1.165, 1.54) is 44.9 Å². The first kappa shape index (κ1) is 10.5. The van der Waals surface area contributed by atoms with Gasteiger partial charge in [-0.15, -0.1) is 0 Å². The van der Waals surface area contributed by atoms with Crippen LogP contribution in [0.2, 0.25) is 0 Å². The third kappa shape index (κ3) is 3.00. The fourth-order valence-electron chi connectivity index (χ4n) is 3.46. The van der Waals surface area contributed by atoms with E-state index in [4.69, 9.17) is 0 Å². The molecule has 2 fully saturated rings. The summed E-state index contributed by atoms with van der Waals surface area (Å²) in [5.41, 5.74) is 0. The zero-order valence-corrected chi connectivity index (χ0v) is 9.80. The normalized spacial score (nSPS) is 35.8. The molecule has 82 valence electrons.